The zero-order chi connectivity index (χ0) is 26.4. The first kappa shape index (κ1) is 24.6. The van der Waals surface area contributed by atoms with Gasteiger partial charge in [-0.3, -0.25) is 10.1 Å². The molecule has 0 fully saturated rings. The minimum Gasteiger partial charge on any atom is -0.258 e. The summed E-state index contributed by atoms with van der Waals surface area (Å²) in [5.41, 5.74) is 5.28. The molecule has 0 saturated carbocycles. The van der Waals surface area contributed by atoms with Crippen molar-refractivity contribution in [2.75, 3.05) is 0 Å². The lowest BCUT2D eigenvalue weighted by atomic mass is 9.76. The van der Waals surface area contributed by atoms with Gasteiger partial charge in [0.1, 0.15) is 0 Å². The van der Waals surface area contributed by atoms with Crippen molar-refractivity contribution in [3.05, 3.63) is 60.7 Å². The van der Waals surface area contributed by atoms with Crippen LogP contribution in [-0.4, -0.2) is 4.92 Å². The Hall–Kier alpha value is -3.08. The van der Waals surface area contributed by atoms with Crippen LogP contribution >= 0.6 is 0 Å². The summed E-state index contributed by atoms with van der Waals surface area (Å²) < 4.78 is 5.89. The first-order valence-corrected chi connectivity index (χ1v) is 13.2. The van der Waals surface area contributed by atoms with E-state index < -0.39 is 5.60 Å². The molecule has 188 valence electrons. The fourth-order valence-electron chi connectivity index (χ4n) is 6.24. The number of benzene rings is 4. The van der Waals surface area contributed by atoms with Gasteiger partial charge in [0.2, 0.25) is 0 Å². The first-order chi connectivity index (χ1) is 16.8. The highest BCUT2D eigenvalue weighted by atomic mass is 16.9. The summed E-state index contributed by atoms with van der Waals surface area (Å²) >= 11 is 0. The third-order valence-electron chi connectivity index (χ3n) is 7.98. The normalized spacial score (nSPS) is 15.2. The molecule has 0 atom stereocenters. The lowest BCUT2D eigenvalue weighted by Crippen LogP contribution is -2.15. The Morgan fingerprint density at radius 1 is 0.722 bits per heavy atom. The van der Waals surface area contributed by atoms with Gasteiger partial charge in [-0.25, -0.2) is 0 Å². The van der Waals surface area contributed by atoms with E-state index in [-0.39, 0.29) is 22.4 Å². The zero-order valence-corrected chi connectivity index (χ0v) is 23.2. The van der Waals surface area contributed by atoms with Crippen LogP contribution < -0.4 is 0 Å². The molecular formula is C31H37N2O3+. The first-order valence-electron chi connectivity index (χ1n) is 13.2. The molecule has 0 radical (unpaired) electrons. The maximum absolute atomic E-state index is 12.8. The second-order valence-corrected chi connectivity index (χ2v) is 12.2. The topological polar surface area (TPSA) is 66.8 Å². The van der Waals surface area contributed by atoms with E-state index in [1.54, 1.807) is 0 Å². The predicted octanol–water partition coefficient (Wildman–Crippen LogP) is 10.2. The highest BCUT2D eigenvalue weighted by Crippen LogP contribution is 2.57. The number of fused-ring (bicyclic) bond motifs is 2. The van der Waals surface area contributed by atoms with E-state index in [9.17, 15) is 10.1 Å². The van der Waals surface area contributed by atoms with Crippen molar-refractivity contribution in [1.29, 1.82) is 0 Å². The molecule has 0 N–H and O–H groups in total. The lowest BCUT2D eigenvalue weighted by molar-refractivity contribution is -0.384. The molecule has 36 heavy (non-hydrogen) atoms. The zero-order valence-electron chi connectivity index (χ0n) is 23.2. The summed E-state index contributed by atoms with van der Waals surface area (Å²) in [5.74, 6) is 0.977. The molecule has 4 aromatic rings. The highest BCUT2D eigenvalue weighted by Gasteiger charge is 2.51. The molecule has 0 amide bonds. The van der Waals surface area contributed by atoms with Gasteiger partial charge in [-0.15, -0.1) is 4.54 Å². The average molecular weight is 487 g/mol. The van der Waals surface area contributed by atoms with Gasteiger partial charge in [0.25, 0.3) is 5.69 Å². The van der Waals surface area contributed by atoms with Gasteiger partial charge in [0, 0.05) is 24.6 Å². The smallest absolute Gasteiger partial charge is 0.258 e. The van der Waals surface area contributed by atoms with Crippen molar-refractivity contribution in [3.63, 3.8) is 0 Å². The van der Waals surface area contributed by atoms with E-state index in [0.717, 1.165) is 27.1 Å². The Kier molecular flexibility index (Phi) is 5.44. The average Bonchev–Trinajstić information content (AvgIpc) is 3.09. The second kappa shape index (κ2) is 7.96. The summed E-state index contributed by atoms with van der Waals surface area (Å²) in [6, 6.07) is 6.94. The van der Waals surface area contributed by atoms with Crippen molar-refractivity contribution in [3.8, 4) is 0 Å². The van der Waals surface area contributed by atoms with Crippen molar-refractivity contribution >= 4 is 43.7 Å². The SMILES string of the molecule is CC(C)c1cc(C(C)C)c2cc(C(C)C)c3c([15N+](=O)[O-])c4c(c5c(C(C)C)cc1c2c53)N=[O+]C4(C)C. The number of nitro benzene ring substituents is 1. The summed E-state index contributed by atoms with van der Waals surface area (Å²) in [4.78, 5) is 12.6. The molecule has 0 aliphatic carbocycles. The number of nitro groups is 1. The predicted molar refractivity (Wildman–Crippen MR) is 152 cm³/mol. The molecule has 5 nitrogen and oxygen atoms in total. The van der Waals surface area contributed by atoms with Crippen molar-refractivity contribution in [2.45, 2.75) is 98.5 Å². The van der Waals surface area contributed by atoms with Crippen molar-refractivity contribution in [2.24, 2.45) is 5.18 Å². The molecule has 1 aliphatic rings. The minimum absolute atomic E-state index is 0.114. The number of nitrogens with zero attached hydrogens (tertiary/aromatic N) is 2. The highest BCUT2D eigenvalue weighted by molar-refractivity contribution is 6.30. The minimum atomic E-state index is -0.878. The van der Waals surface area contributed by atoms with E-state index in [0.29, 0.717) is 23.1 Å². The molecule has 0 spiro atoms. The van der Waals surface area contributed by atoms with Crippen molar-refractivity contribution in [1.82, 2.24) is 0 Å². The van der Waals surface area contributed by atoms with Gasteiger partial charge in [0.15, 0.2) is 16.4 Å². The van der Waals surface area contributed by atoms with E-state index in [1.165, 1.54) is 27.5 Å². The molecule has 4 aromatic carbocycles. The van der Waals surface area contributed by atoms with Crippen LogP contribution in [0.1, 0.15) is 121 Å². The second-order valence-electron chi connectivity index (χ2n) is 12.2. The third-order valence-corrected chi connectivity index (χ3v) is 7.98. The fourth-order valence-corrected chi connectivity index (χ4v) is 6.24. The Bertz CT molecular complexity index is 1560. The van der Waals surface area contributed by atoms with Crippen LogP contribution in [0.4, 0.5) is 11.4 Å². The van der Waals surface area contributed by atoms with Crippen LogP contribution in [-0.2, 0) is 5.60 Å². The van der Waals surface area contributed by atoms with Crippen LogP contribution in [0.25, 0.3) is 32.3 Å². The van der Waals surface area contributed by atoms with E-state index in [1.807, 2.05) is 13.8 Å². The molecule has 1 heterocycles. The van der Waals surface area contributed by atoms with Crippen LogP contribution in [0.15, 0.2) is 23.4 Å². The largest absolute Gasteiger partial charge is 0.351 e. The summed E-state index contributed by atoms with van der Waals surface area (Å²) in [6.07, 6.45) is 0. The van der Waals surface area contributed by atoms with E-state index >= 15 is 0 Å². The van der Waals surface area contributed by atoms with Gasteiger partial charge >= 0.3 is 5.60 Å². The third kappa shape index (κ3) is 3.21. The van der Waals surface area contributed by atoms with Gasteiger partial charge in [-0.2, -0.15) is 0 Å². The van der Waals surface area contributed by atoms with Crippen LogP contribution in [0.5, 0.6) is 0 Å². The van der Waals surface area contributed by atoms with E-state index in [4.69, 9.17) is 4.54 Å². The number of hydrogen-bond donors (Lipinski definition) is 0. The summed E-state index contributed by atoms with van der Waals surface area (Å²) in [5, 5.41) is 23.7. The number of rotatable bonds is 5. The van der Waals surface area contributed by atoms with E-state index in [2.05, 4.69) is 78.8 Å². The molecule has 5 rings (SSSR count). The Morgan fingerprint density at radius 3 is 1.64 bits per heavy atom. The van der Waals surface area contributed by atoms with Crippen molar-refractivity contribution < 1.29 is 4.92 Å². The monoisotopic (exact) mass is 486 g/mol. The van der Waals surface area contributed by atoms with Gasteiger partial charge in [-0.05, 0) is 74.2 Å². The summed E-state index contributed by atoms with van der Waals surface area (Å²) in [7, 11) is 0. The molecular weight excluding hydrogens is 449 g/mol. The molecule has 0 unspecified atom stereocenters. The van der Waals surface area contributed by atoms with Crippen LogP contribution in [0.3, 0.4) is 0 Å². The van der Waals surface area contributed by atoms with Gasteiger partial charge in [-0.1, -0.05) is 61.5 Å². The van der Waals surface area contributed by atoms with Gasteiger partial charge in [0.05, 0.1) is 10.3 Å². The maximum atomic E-state index is 12.8. The number of hydrogen-bond acceptors (Lipinski definition) is 3. The lowest BCUT2D eigenvalue weighted by Gasteiger charge is -2.26. The summed E-state index contributed by atoms with van der Waals surface area (Å²) in [6.45, 7) is 21.3. The molecule has 0 bridgehead atoms. The van der Waals surface area contributed by atoms with Gasteiger partial charge < -0.3 is 0 Å². The molecule has 1 aliphatic heterocycles. The molecule has 0 aromatic heterocycles. The molecule has 0 saturated heterocycles. The molecule has 5 heteroatoms. The Morgan fingerprint density at radius 2 is 1.19 bits per heavy atom. The fraction of sp³-hybridized carbons (Fsp3) is 0.484. The maximum Gasteiger partial charge on any atom is 0.351 e. The quantitative estimate of drug-likeness (QED) is 0.0925. The van der Waals surface area contributed by atoms with Crippen LogP contribution in [0.2, 0.25) is 0 Å². The standard InChI is InChI=1S/C31H37N2O3/c1-14(2)18-11-19(15(3)4)23-13-21(17(7)8)26-27-24(23)22(18)12-20(16(5)6)25(27)29-28(30(26)33(34)35)31(9,10)36-32-29/h11-17H,1-10H3/q+1/i33+1. The Labute approximate surface area is 213 Å². The van der Waals surface area contributed by atoms with Crippen LogP contribution in [0, 0.1) is 14.7 Å². The Balaban J connectivity index is 2.26. The number of nitroso groups, excluding NO2 is 1.